The molecule has 1 aliphatic heterocycles. The number of carbonyl (C=O) groups excluding carboxylic acids is 3. The highest BCUT2D eigenvalue weighted by Gasteiger charge is 2.21. The molecule has 0 atom stereocenters. The lowest BCUT2D eigenvalue weighted by atomic mass is 10.2. The normalized spacial score (nSPS) is 13.4. The van der Waals surface area contributed by atoms with Crippen LogP contribution in [-0.2, 0) is 15.3 Å². The van der Waals surface area contributed by atoms with Crippen molar-refractivity contribution in [3.63, 3.8) is 0 Å². The second-order valence-electron chi connectivity index (χ2n) is 6.77. The molecule has 0 spiro atoms. The number of hydrogen-bond donors (Lipinski definition) is 2. The van der Waals surface area contributed by atoms with E-state index in [-0.39, 0.29) is 24.3 Å². The average Bonchev–Trinajstić information content (AvgIpc) is 3.18. The minimum Gasteiger partial charge on any atom is -0.354 e. The van der Waals surface area contributed by atoms with Gasteiger partial charge in [-0.25, -0.2) is 0 Å². The summed E-state index contributed by atoms with van der Waals surface area (Å²) in [6, 6.07) is 17.1. The molecule has 1 saturated heterocycles. The van der Waals surface area contributed by atoms with E-state index >= 15 is 0 Å². The Balaban J connectivity index is 1.33. The highest BCUT2D eigenvalue weighted by atomic mass is 32.2. The van der Waals surface area contributed by atoms with Gasteiger partial charge >= 0.3 is 0 Å². The molecule has 2 N–H and O–H groups in total. The van der Waals surface area contributed by atoms with Gasteiger partial charge in [0.25, 0.3) is 5.91 Å². The zero-order valence-electron chi connectivity index (χ0n) is 16.2. The minimum atomic E-state index is -0.307. The van der Waals surface area contributed by atoms with Crippen LogP contribution in [-0.4, -0.2) is 43.1 Å². The Morgan fingerprint density at radius 2 is 1.76 bits per heavy atom. The summed E-state index contributed by atoms with van der Waals surface area (Å²) in [5.41, 5.74) is 2.53. The van der Waals surface area contributed by atoms with Gasteiger partial charge in [0, 0.05) is 42.3 Å². The van der Waals surface area contributed by atoms with Crippen molar-refractivity contribution in [2.24, 2.45) is 0 Å². The third kappa shape index (κ3) is 6.35. The number of thioether (sulfide) groups is 1. The van der Waals surface area contributed by atoms with Crippen molar-refractivity contribution in [2.75, 3.05) is 30.3 Å². The zero-order chi connectivity index (χ0) is 20.5. The molecule has 0 bridgehead atoms. The van der Waals surface area contributed by atoms with Crippen LogP contribution in [0.5, 0.6) is 0 Å². The molecule has 1 heterocycles. The molecule has 2 aromatic rings. The van der Waals surface area contributed by atoms with E-state index in [2.05, 4.69) is 22.8 Å². The highest BCUT2D eigenvalue weighted by Crippen LogP contribution is 2.21. The second-order valence-corrected chi connectivity index (χ2v) is 7.87. The van der Waals surface area contributed by atoms with Crippen molar-refractivity contribution in [3.8, 4) is 0 Å². The van der Waals surface area contributed by atoms with Crippen LogP contribution in [0.2, 0.25) is 0 Å². The number of anilines is 1. The van der Waals surface area contributed by atoms with E-state index < -0.39 is 0 Å². The third-order valence-electron chi connectivity index (χ3n) is 4.60. The number of nitrogens with zero attached hydrogens (tertiary/aromatic N) is 1. The third-order valence-corrected chi connectivity index (χ3v) is 5.63. The SMILES string of the molecule is O=C(CNC(=O)c1ccc(N2CCCC2=O)cc1)NCCSCc1ccccc1. The van der Waals surface area contributed by atoms with Crippen LogP contribution in [0.3, 0.4) is 0 Å². The van der Waals surface area contributed by atoms with Crippen molar-refractivity contribution in [1.82, 2.24) is 10.6 Å². The maximum atomic E-state index is 12.2. The molecule has 0 aliphatic carbocycles. The van der Waals surface area contributed by atoms with Gasteiger partial charge in [0.15, 0.2) is 0 Å². The Labute approximate surface area is 175 Å². The van der Waals surface area contributed by atoms with Crippen molar-refractivity contribution >= 4 is 35.2 Å². The summed E-state index contributed by atoms with van der Waals surface area (Å²) < 4.78 is 0. The van der Waals surface area contributed by atoms with Crippen LogP contribution in [0.4, 0.5) is 5.69 Å². The lowest BCUT2D eigenvalue weighted by molar-refractivity contribution is -0.120. The van der Waals surface area contributed by atoms with Crippen LogP contribution in [0, 0.1) is 0 Å². The molecule has 7 heteroatoms. The van der Waals surface area contributed by atoms with Gasteiger partial charge in [0.05, 0.1) is 6.54 Å². The summed E-state index contributed by atoms with van der Waals surface area (Å²) in [7, 11) is 0. The van der Waals surface area contributed by atoms with Gasteiger partial charge in [0.2, 0.25) is 11.8 Å². The molecule has 0 unspecified atom stereocenters. The predicted octanol–water partition coefficient (Wildman–Crippen LogP) is 2.59. The van der Waals surface area contributed by atoms with E-state index in [0.29, 0.717) is 25.1 Å². The van der Waals surface area contributed by atoms with Crippen molar-refractivity contribution in [2.45, 2.75) is 18.6 Å². The van der Waals surface area contributed by atoms with E-state index in [4.69, 9.17) is 0 Å². The van der Waals surface area contributed by atoms with E-state index in [9.17, 15) is 14.4 Å². The fourth-order valence-corrected chi connectivity index (χ4v) is 3.88. The molecule has 152 valence electrons. The van der Waals surface area contributed by atoms with Crippen LogP contribution in [0.15, 0.2) is 54.6 Å². The average molecular weight is 412 g/mol. The van der Waals surface area contributed by atoms with Crippen LogP contribution >= 0.6 is 11.8 Å². The lowest BCUT2D eigenvalue weighted by Gasteiger charge is -2.15. The van der Waals surface area contributed by atoms with Gasteiger partial charge in [-0.1, -0.05) is 30.3 Å². The molecule has 2 aromatic carbocycles. The van der Waals surface area contributed by atoms with Crippen molar-refractivity contribution < 1.29 is 14.4 Å². The monoisotopic (exact) mass is 411 g/mol. The number of rotatable bonds is 9. The summed E-state index contributed by atoms with van der Waals surface area (Å²) in [6.45, 7) is 1.22. The first-order chi connectivity index (χ1) is 14.1. The topological polar surface area (TPSA) is 78.5 Å². The Kier molecular flexibility index (Phi) is 7.69. The minimum absolute atomic E-state index is 0.0610. The van der Waals surface area contributed by atoms with Crippen LogP contribution in [0.1, 0.15) is 28.8 Å². The maximum Gasteiger partial charge on any atom is 0.251 e. The van der Waals surface area contributed by atoms with E-state index in [1.165, 1.54) is 5.56 Å². The molecule has 0 aromatic heterocycles. The number of benzene rings is 2. The lowest BCUT2D eigenvalue weighted by Crippen LogP contribution is -2.37. The molecular weight excluding hydrogens is 386 g/mol. The second kappa shape index (κ2) is 10.7. The summed E-state index contributed by atoms with van der Waals surface area (Å²) in [5.74, 6) is 1.31. The first kappa shape index (κ1) is 20.9. The van der Waals surface area contributed by atoms with Crippen LogP contribution < -0.4 is 15.5 Å². The molecule has 0 saturated carbocycles. The Hall–Kier alpha value is -2.80. The first-order valence-electron chi connectivity index (χ1n) is 9.70. The largest absolute Gasteiger partial charge is 0.354 e. The van der Waals surface area contributed by atoms with Gasteiger partial charge in [-0.3, -0.25) is 14.4 Å². The van der Waals surface area contributed by atoms with Gasteiger partial charge in [0.1, 0.15) is 0 Å². The molecular formula is C22H25N3O3S. The summed E-state index contributed by atoms with van der Waals surface area (Å²) in [6.07, 6.45) is 1.43. The molecule has 29 heavy (non-hydrogen) atoms. The van der Waals surface area contributed by atoms with E-state index in [0.717, 1.165) is 23.6 Å². The standard InChI is InChI=1S/C22H25N3O3S/c26-20(23-12-14-29-16-17-5-2-1-3-6-17)15-24-22(28)18-8-10-19(11-9-18)25-13-4-7-21(25)27/h1-3,5-6,8-11H,4,7,12-16H2,(H,23,26)(H,24,28). The Morgan fingerprint density at radius 1 is 1.00 bits per heavy atom. The molecule has 6 nitrogen and oxygen atoms in total. The molecule has 0 radical (unpaired) electrons. The quantitative estimate of drug-likeness (QED) is 0.622. The summed E-state index contributed by atoms with van der Waals surface area (Å²) >= 11 is 1.75. The highest BCUT2D eigenvalue weighted by molar-refractivity contribution is 7.98. The van der Waals surface area contributed by atoms with Gasteiger partial charge in [-0.15, -0.1) is 0 Å². The first-order valence-corrected chi connectivity index (χ1v) is 10.9. The number of nitrogens with one attached hydrogen (secondary N) is 2. The fraction of sp³-hybridized carbons (Fsp3) is 0.318. The van der Waals surface area contributed by atoms with Gasteiger partial charge < -0.3 is 15.5 Å². The van der Waals surface area contributed by atoms with Crippen molar-refractivity contribution in [1.29, 1.82) is 0 Å². The van der Waals surface area contributed by atoms with Crippen LogP contribution in [0.25, 0.3) is 0 Å². The van der Waals surface area contributed by atoms with Gasteiger partial charge in [-0.2, -0.15) is 11.8 Å². The molecule has 3 rings (SSSR count). The fourth-order valence-electron chi connectivity index (χ4n) is 3.07. The zero-order valence-corrected chi connectivity index (χ0v) is 17.0. The smallest absolute Gasteiger partial charge is 0.251 e. The number of amides is 3. The van der Waals surface area contributed by atoms with Crippen molar-refractivity contribution in [3.05, 3.63) is 65.7 Å². The maximum absolute atomic E-state index is 12.2. The Bertz CT molecular complexity index is 840. The van der Waals surface area contributed by atoms with E-state index in [1.807, 2.05) is 18.2 Å². The van der Waals surface area contributed by atoms with E-state index in [1.54, 1.807) is 40.9 Å². The molecule has 3 amide bonds. The predicted molar refractivity (Wildman–Crippen MR) is 116 cm³/mol. The van der Waals surface area contributed by atoms with Gasteiger partial charge in [-0.05, 0) is 36.2 Å². The Morgan fingerprint density at radius 3 is 2.45 bits per heavy atom. The number of carbonyl (C=O) groups is 3. The summed E-state index contributed by atoms with van der Waals surface area (Å²) in [5, 5.41) is 5.43. The summed E-state index contributed by atoms with van der Waals surface area (Å²) in [4.78, 5) is 37.6. The number of hydrogen-bond acceptors (Lipinski definition) is 4. The molecule has 1 fully saturated rings. The molecule has 1 aliphatic rings.